The molecule has 1 aromatic carbocycles. The van der Waals surface area contributed by atoms with Crippen molar-refractivity contribution in [3.63, 3.8) is 0 Å². The van der Waals surface area contributed by atoms with E-state index in [4.69, 9.17) is 0 Å². The summed E-state index contributed by atoms with van der Waals surface area (Å²) in [6.45, 7) is 2.13. The third-order valence-electron chi connectivity index (χ3n) is 3.83. The summed E-state index contributed by atoms with van der Waals surface area (Å²) in [6.07, 6.45) is 4.42. The summed E-state index contributed by atoms with van der Waals surface area (Å²) in [7, 11) is 0. The molecule has 2 rings (SSSR count). The second-order valence-electron chi connectivity index (χ2n) is 5.26. The first-order valence-electron chi connectivity index (χ1n) is 6.74. The molecule has 0 aromatic heterocycles. The highest BCUT2D eigenvalue weighted by atomic mass is 79.9. The van der Waals surface area contributed by atoms with Gasteiger partial charge in [-0.3, -0.25) is 14.9 Å². The number of nitrogens with zero attached hydrogens (tertiary/aromatic N) is 1. The number of rotatable bonds is 3. The number of nitrogens with one attached hydrogen (secondary N) is 1. The second-order valence-corrected chi connectivity index (χ2v) is 6.12. The largest absolute Gasteiger partial charge is 0.349 e. The molecule has 0 radical (unpaired) electrons. The predicted octanol–water partition coefficient (Wildman–Crippen LogP) is 3.67. The molecule has 2 atom stereocenters. The molecular weight excluding hydrogens is 324 g/mol. The molecule has 1 aliphatic carbocycles. The SMILES string of the molecule is C[C@@H]1CCCC[C@H]1NC(=O)c1ccc(Br)c([N+](=O)[O-])c1. The topological polar surface area (TPSA) is 72.2 Å². The van der Waals surface area contributed by atoms with Crippen molar-refractivity contribution in [2.45, 2.75) is 38.6 Å². The van der Waals surface area contributed by atoms with Gasteiger partial charge >= 0.3 is 0 Å². The van der Waals surface area contributed by atoms with Gasteiger partial charge in [-0.15, -0.1) is 0 Å². The lowest BCUT2D eigenvalue weighted by Crippen LogP contribution is -2.41. The summed E-state index contributed by atoms with van der Waals surface area (Å²) in [5, 5.41) is 13.9. The molecule has 1 aliphatic rings. The van der Waals surface area contributed by atoms with E-state index in [1.54, 1.807) is 6.07 Å². The molecule has 108 valence electrons. The van der Waals surface area contributed by atoms with Crippen LogP contribution in [-0.4, -0.2) is 16.9 Å². The molecule has 0 bridgehead atoms. The maximum Gasteiger partial charge on any atom is 0.284 e. The molecule has 0 unspecified atom stereocenters. The van der Waals surface area contributed by atoms with Gasteiger partial charge in [0, 0.05) is 17.7 Å². The number of halogens is 1. The Kier molecular flexibility index (Phi) is 4.75. The lowest BCUT2D eigenvalue weighted by atomic mass is 9.86. The predicted molar refractivity (Wildman–Crippen MR) is 79.7 cm³/mol. The van der Waals surface area contributed by atoms with Crippen LogP contribution in [0.25, 0.3) is 0 Å². The standard InChI is InChI=1S/C14H17BrN2O3/c1-9-4-2-3-5-12(9)16-14(18)10-6-7-11(15)13(8-10)17(19)20/h6-9,12H,2-5H2,1H3,(H,16,18)/t9-,12-/m1/s1. The lowest BCUT2D eigenvalue weighted by molar-refractivity contribution is -0.385. The van der Waals surface area contributed by atoms with Crippen molar-refractivity contribution >= 4 is 27.5 Å². The van der Waals surface area contributed by atoms with Crippen molar-refractivity contribution in [2.75, 3.05) is 0 Å². The van der Waals surface area contributed by atoms with Crippen LogP contribution in [0, 0.1) is 16.0 Å². The molecule has 0 aliphatic heterocycles. The highest BCUT2D eigenvalue weighted by Gasteiger charge is 2.24. The fourth-order valence-electron chi connectivity index (χ4n) is 2.58. The Balaban J connectivity index is 2.13. The average molecular weight is 341 g/mol. The maximum atomic E-state index is 12.2. The van der Waals surface area contributed by atoms with Crippen molar-refractivity contribution in [2.24, 2.45) is 5.92 Å². The number of carbonyl (C=O) groups excluding carboxylic acids is 1. The van der Waals surface area contributed by atoms with E-state index >= 15 is 0 Å². The van der Waals surface area contributed by atoms with Crippen LogP contribution in [0.4, 0.5) is 5.69 Å². The normalized spacial score (nSPS) is 22.3. The molecule has 1 aromatic rings. The molecule has 20 heavy (non-hydrogen) atoms. The van der Waals surface area contributed by atoms with Crippen LogP contribution in [0.2, 0.25) is 0 Å². The highest BCUT2D eigenvalue weighted by Crippen LogP contribution is 2.27. The number of carbonyl (C=O) groups is 1. The molecule has 6 heteroatoms. The van der Waals surface area contributed by atoms with Gasteiger partial charge in [-0.05, 0) is 46.8 Å². The first kappa shape index (κ1) is 15.0. The van der Waals surface area contributed by atoms with Gasteiger partial charge < -0.3 is 5.32 Å². The van der Waals surface area contributed by atoms with Crippen LogP contribution in [0.5, 0.6) is 0 Å². The van der Waals surface area contributed by atoms with Crippen LogP contribution >= 0.6 is 15.9 Å². The number of nitro groups is 1. The van der Waals surface area contributed by atoms with Crippen LogP contribution in [0.1, 0.15) is 43.0 Å². The molecule has 0 heterocycles. The molecule has 0 spiro atoms. The minimum absolute atomic E-state index is 0.0886. The van der Waals surface area contributed by atoms with Crippen LogP contribution in [0.3, 0.4) is 0 Å². The first-order chi connectivity index (χ1) is 9.49. The molecule has 0 saturated heterocycles. The Morgan fingerprint density at radius 2 is 2.10 bits per heavy atom. The zero-order valence-electron chi connectivity index (χ0n) is 11.3. The Hall–Kier alpha value is -1.43. The van der Waals surface area contributed by atoms with Gasteiger partial charge in [-0.25, -0.2) is 0 Å². The number of hydrogen-bond donors (Lipinski definition) is 1. The Morgan fingerprint density at radius 3 is 2.75 bits per heavy atom. The summed E-state index contributed by atoms with van der Waals surface area (Å²) in [5.74, 6) is 0.220. The van der Waals surface area contributed by atoms with Gasteiger partial charge in [0.25, 0.3) is 11.6 Å². The quantitative estimate of drug-likeness (QED) is 0.673. The summed E-state index contributed by atoms with van der Waals surface area (Å²) in [4.78, 5) is 22.6. The molecule has 1 fully saturated rings. The Morgan fingerprint density at radius 1 is 1.40 bits per heavy atom. The lowest BCUT2D eigenvalue weighted by Gasteiger charge is -2.29. The van der Waals surface area contributed by atoms with E-state index in [0.29, 0.717) is 16.0 Å². The number of benzene rings is 1. The third kappa shape index (κ3) is 3.36. The Bertz CT molecular complexity index is 533. The minimum Gasteiger partial charge on any atom is -0.349 e. The monoisotopic (exact) mass is 340 g/mol. The number of amides is 1. The van der Waals surface area contributed by atoms with Crippen molar-refractivity contribution in [1.29, 1.82) is 0 Å². The third-order valence-corrected chi connectivity index (χ3v) is 4.50. The van der Waals surface area contributed by atoms with Crippen LogP contribution in [0.15, 0.2) is 22.7 Å². The number of hydrogen-bond acceptors (Lipinski definition) is 3. The smallest absolute Gasteiger partial charge is 0.284 e. The van der Waals surface area contributed by atoms with Gasteiger partial charge in [0.2, 0.25) is 0 Å². The summed E-state index contributed by atoms with van der Waals surface area (Å²) < 4.78 is 0.380. The van der Waals surface area contributed by atoms with Crippen molar-refractivity contribution < 1.29 is 9.72 Å². The van der Waals surface area contributed by atoms with Crippen LogP contribution in [-0.2, 0) is 0 Å². The Labute approximate surface area is 126 Å². The highest BCUT2D eigenvalue weighted by molar-refractivity contribution is 9.10. The first-order valence-corrected chi connectivity index (χ1v) is 7.53. The van der Waals surface area contributed by atoms with Gasteiger partial charge in [0.05, 0.1) is 9.40 Å². The van der Waals surface area contributed by atoms with E-state index in [1.807, 2.05) is 0 Å². The zero-order valence-corrected chi connectivity index (χ0v) is 12.9. The van der Waals surface area contributed by atoms with Gasteiger partial charge in [0.15, 0.2) is 0 Å². The number of nitro benzene ring substituents is 1. The summed E-state index contributed by atoms with van der Waals surface area (Å²) in [5.41, 5.74) is 0.243. The molecule has 1 N–H and O–H groups in total. The van der Waals surface area contributed by atoms with E-state index < -0.39 is 4.92 Å². The fourth-order valence-corrected chi connectivity index (χ4v) is 2.97. The van der Waals surface area contributed by atoms with E-state index in [2.05, 4.69) is 28.2 Å². The molecule has 1 saturated carbocycles. The fraction of sp³-hybridized carbons (Fsp3) is 0.500. The molecule has 1 amide bonds. The van der Waals surface area contributed by atoms with E-state index in [9.17, 15) is 14.9 Å². The maximum absolute atomic E-state index is 12.2. The molecular formula is C14H17BrN2O3. The van der Waals surface area contributed by atoms with Gasteiger partial charge in [0.1, 0.15) is 0 Å². The zero-order chi connectivity index (χ0) is 14.7. The van der Waals surface area contributed by atoms with Crippen molar-refractivity contribution in [3.05, 3.63) is 38.3 Å². The van der Waals surface area contributed by atoms with E-state index in [-0.39, 0.29) is 17.6 Å². The van der Waals surface area contributed by atoms with E-state index in [0.717, 1.165) is 19.3 Å². The van der Waals surface area contributed by atoms with Crippen molar-refractivity contribution in [1.82, 2.24) is 5.32 Å². The summed E-state index contributed by atoms with van der Waals surface area (Å²) >= 11 is 3.11. The van der Waals surface area contributed by atoms with Crippen LogP contribution < -0.4 is 5.32 Å². The average Bonchev–Trinajstić information content (AvgIpc) is 2.41. The van der Waals surface area contributed by atoms with Crippen molar-refractivity contribution in [3.8, 4) is 0 Å². The molecule has 5 nitrogen and oxygen atoms in total. The summed E-state index contributed by atoms with van der Waals surface area (Å²) in [6, 6.07) is 4.61. The second kappa shape index (κ2) is 6.35. The van der Waals surface area contributed by atoms with Gasteiger partial charge in [-0.1, -0.05) is 19.8 Å². The van der Waals surface area contributed by atoms with E-state index in [1.165, 1.54) is 18.6 Å². The minimum atomic E-state index is -0.496. The van der Waals surface area contributed by atoms with Gasteiger partial charge in [-0.2, -0.15) is 0 Å².